The zero-order chi connectivity index (χ0) is 13.4. The summed E-state index contributed by atoms with van der Waals surface area (Å²) >= 11 is 3.39. The average Bonchev–Trinajstić information content (AvgIpc) is 2.36. The Hall–Kier alpha value is -0.670. The summed E-state index contributed by atoms with van der Waals surface area (Å²) in [4.78, 5) is 14.2. The van der Waals surface area contributed by atoms with Crippen LogP contribution in [0.4, 0.5) is 0 Å². The summed E-state index contributed by atoms with van der Waals surface area (Å²) in [7, 11) is 2.09. The molecule has 100 valence electrons. The largest absolute Gasteiger partial charge is 0.306 e. The number of carbonyl (C=O) groups excluding carboxylic acids is 1. The Bertz CT molecular complexity index is 379. The van der Waals surface area contributed by atoms with E-state index in [9.17, 15) is 4.79 Å². The first kappa shape index (κ1) is 15.4. The highest BCUT2D eigenvalue weighted by molar-refractivity contribution is 9.10. The molecule has 0 saturated heterocycles. The van der Waals surface area contributed by atoms with Gasteiger partial charge in [0.2, 0.25) is 0 Å². The van der Waals surface area contributed by atoms with E-state index >= 15 is 0 Å². The van der Waals surface area contributed by atoms with Gasteiger partial charge in [0.15, 0.2) is 5.78 Å². The lowest BCUT2D eigenvalue weighted by Crippen LogP contribution is -2.23. The highest BCUT2D eigenvalue weighted by atomic mass is 79.9. The molecular formula is C15H22BrNO. The molecule has 0 saturated carbocycles. The number of halogens is 1. The standard InChI is InChI=1S/C15H22BrNO/c1-3-4-5-10-17(2)11-9-15(18)13-7-6-8-14(16)12-13/h6-8,12H,3-5,9-11H2,1-2H3. The summed E-state index contributed by atoms with van der Waals surface area (Å²) in [5, 5.41) is 0. The number of Topliss-reactive ketones (excluding diaryl/α,β-unsaturated/α-hetero) is 1. The van der Waals surface area contributed by atoms with Gasteiger partial charge in [0.25, 0.3) is 0 Å². The number of benzene rings is 1. The van der Waals surface area contributed by atoms with Crippen LogP contribution in [0.15, 0.2) is 28.7 Å². The summed E-state index contributed by atoms with van der Waals surface area (Å²) in [6.07, 6.45) is 4.33. The fraction of sp³-hybridized carbons (Fsp3) is 0.533. The van der Waals surface area contributed by atoms with Crippen molar-refractivity contribution in [2.45, 2.75) is 32.6 Å². The van der Waals surface area contributed by atoms with Crippen molar-refractivity contribution < 1.29 is 4.79 Å². The Kier molecular flexibility index (Phi) is 7.21. The molecule has 0 fully saturated rings. The Balaban J connectivity index is 2.32. The van der Waals surface area contributed by atoms with Crippen molar-refractivity contribution in [3.63, 3.8) is 0 Å². The van der Waals surface area contributed by atoms with Crippen LogP contribution >= 0.6 is 15.9 Å². The van der Waals surface area contributed by atoms with Gasteiger partial charge in [-0.2, -0.15) is 0 Å². The molecule has 0 bridgehead atoms. The molecule has 0 N–H and O–H groups in total. The topological polar surface area (TPSA) is 20.3 Å². The fourth-order valence-electron chi connectivity index (χ4n) is 1.84. The first-order chi connectivity index (χ1) is 8.63. The molecule has 0 radical (unpaired) electrons. The molecule has 1 aromatic carbocycles. The van der Waals surface area contributed by atoms with Crippen molar-refractivity contribution in [2.24, 2.45) is 0 Å². The normalized spacial score (nSPS) is 10.9. The third-order valence-electron chi connectivity index (χ3n) is 3.01. The van der Waals surface area contributed by atoms with Crippen molar-refractivity contribution in [2.75, 3.05) is 20.1 Å². The van der Waals surface area contributed by atoms with Gasteiger partial charge in [-0.1, -0.05) is 47.8 Å². The number of nitrogens with zero attached hydrogens (tertiary/aromatic N) is 1. The van der Waals surface area contributed by atoms with Gasteiger partial charge < -0.3 is 4.90 Å². The quantitative estimate of drug-likeness (QED) is 0.531. The van der Waals surface area contributed by atoms with E-state index in [4.69, 9.17) is 0 Å². The number of carbonyl (C=O) groups is 1. The van der Waals surface area contributed by atoms with Crippen LogP contribution in [0.1, 0.15) is 43.0 Å². The third kappa shape index (κ3) is 5.78. The minimum absolute atomic E-state index is 0.221. The maximum Gasteiger partial charge on any atom is 0.164 e. The van der Waals surface area contributed by atoms with Gasteiger partial charge in [-0.25, -0.2) is 0 Å². The lowest BCUT2D eigenvalue weighted by atomic mass is 10.1. The molecule has 1 rings (SSSR count). The molecule has 0 aliphatic heterocycles. The fourth-order valence-corrected chi connectivity index (χ4v) is 2.24. The lowest BCUT2D eigenvalue weighted by molar-refractivity contribution is 0.0968. The van der Waals surface area contributed by atoms with E-state index in [2.05, 4.69) is 34.8 Å². The minimum Gasteiger partial charge on any atom is -0.306 e. The lowest BCUT2D eigenvalue weighted by Gasteiger charge is -2.15. The van der Waals surface area contributed by atoms with Crippen molar-refractivity contribution in [1.82, 2.24) is 4.90 Å². The summed E-state index contributed by atoms with van der Waals surface area (Å²) < 4.78 is 0.963. The van der Waals surface area contributed by atoms with E-state index in [1.54, 1.807) is 0 Å². The van der Waals surface area contributed by atoms with Gasteiger partial charge in [0, 0.05) is 23.0 Å². The monoisotopic (exact) mass is 311 g/mol. The van der Waals surface area contributed by atoms with Crippen LogP contribution in [0, 0.1) is 0 Å². The minimum atomic E-state index is 0.221. The first-order valence-electron chi connectivity index (χ1n) is 6.60. The summed E-state index contributed by atoms with van der Waals surface area (Å²) in [5.41, 5.74) is 0.798. The van der Waals surface area contributed by atoms with Crippen LogP contribution in [0.2, 0.25) is 0 Å². The maximum absolute atomic E-state index is 12.0. The van der Waals surface area contributed by atoms with Crippen molar-refractivity contribution in [3.05, 3.63) is 34.3 Å². The second-order valence-electron chi connectivity index (χ2n) is 4.69. The van der Waals surface area contributed by atoms with Crippen LogP contribution in [0.3, 0.4) is 0 Å². The van der Waals surface area contributed by atoms with E-state index in [-0.39, 0.29) is 5.78 Å². The molecule has 0 atom stereocenters. The third-order valence-corrected chi connectivity index (χ3v) is 3.50. The number of hydrogen-bond acceptors (Lipinski definition) is 2. The maximum atomic E-state index is 12.0. The van der Waals surface area contributed by atoms with Crippen molar-refractivity contribution >= 4 is 21.7 Å². The molecule has 3 heteroatoms. The molecular weight excluding hydrogens is 290 g/mol. The van der Waals surface area contributed by atoms with Crippen LogP contribution in [0.25, 0.3) is 0 Å². The van der Waals surface area contributed by atoms with Crippen LogP contribution in [-0.4, -0.2) is 30.8 Å². The van der Waals surface area contributed by atoms with E-state index in [0.29, 0.717) is 6.42 Å². The summed E-state index contributed by atoms with van der Waals surface area (Å²) in [6, 6.07) is 7.61. The smallest absolute Gasteiger partial charge is 0.164 e. The number of unbranched alkanes of at least 4 members (excludes halogenated alkanes) is 2. The molecule has 18 heavy (non-hydrogen) atoms. The van der Waals surface area contributed by atoms with Crippen molar-refractivity contribution in [1.29, 1.82) is 0 Å². The van der Waals surface area contributed by atoms with Crippen LogP contribution in [-0.2, 0) is 0 Å². The molecule has 0 spiro atoms. The number of rotatable bonds is 8. The zero-order valence-corrected chi connectivity index (χ0v) is 12.9. The predicted octanol–water partition coefficient (Wildman–Crippen LogP) is 4.14. The Morgan fingerprint density at radius 1 is 1.28 bits per heavy atom. The molecule has 1 aromatic rings. The molecule has 0 unspecified atom stereocenters. The van der Waals surface area contributed by atoms with E-state index in [1.165, 1.54) is 19.3 Å². The van der Waals surface area contributed by atoms with Crippen LogP contribution in [0.5, 0.6) is 0 Å². The Labute approximate surface area is 119 Å². The van der Waals surface area contributed by atoms with Gasteiger partial charge in [0.1, 0.15) is 0 Å². The second-order valence-corrected chi connectivity index (χ2v) is 5.61. The first-order valence-corrected chi connectivity index (χ1v) is 7.40. The predicted molar refractivity (Wildman–Crippen MR) is 80.1 cm³/mol. The Morgan fingerprint density at radius 2 is 2.06 bits per heavy atom. The molecule has 0 aromatic heterocycles. The van der Waals surface area contributed by atoms with Gasteiger partial charge >= 0.3 is 0 Å². The average molecular weight is 312 g/mol. The summed E-state index contributed by atoms with van der Waals surface area (Å²) in [5.74, 6) is 0.221. The van der Waals surface area contributed by atoms with Gasteiger partial charge in [-0.05, 0) is 32.1 Å². The number of hydrogen-bond donors (Lipinski definition) is 0. The van der Waals surface area contributed by atoms with E-state index in [1.807, 2.05) is 24.3 Å². The highest BCUT2D eigenvalue weighted by Crippen LogP contribution is 2.13. The highest BCUT2D eigenvalue weighted by Gasteiger charge is 2.07. The second kappa shape index (κ2) is 8.44. The molecule has 0 heterocycles. The van der Waals surface area contributed by atoms with Gasteiger partial charge in [-0.3, -0.25) is 4.79 Å². The van der Waals surface area contributed by atoms with Crippen molar-refractivity contribution in [3.8, 4) is 0 Å². The number of ketones is 1. The molecule has 0 aliphatic carbocycles. The Morgan fingerprint density at radius 3 is 2.72 bits per heavy atom. The van der Waals surface area contributed by atoms with Gasteiger partial charge in [0.05, 0.1) is 0 Å². The molecule has 0 amide bonds. The van der Waals surface area contributed by atoms with Gasteiger partial charge in [-0.15, -0.1) is 0 Å². The van der Waals surface area contributed by atoms with E-state index in [0.717, 1.165) is 23.1 Å². The van der Waals surface area contributed by atoms with Crippen LogP contribution < -0.4 is 0 Å². The zero-order valence-electron chi connectivity index (χ0n) is 11.3. The summed E-state index contributed by atoms with van der Waals surface area (Å²) in [6.45, 7) is 4.13. The SMILES string of the molecule is CCCCCN(C)CCC(=O)c1cccc(Br)c1. The molecule has 2 nitrogen and oxygen atoms in total. The van der Waals surface area contributed by atoms with E-state index < -0.39 is 0 Å². The molecule has 0 aliphatic rings.